The van der Waals surface area contributed by atoms with Crippen LogP contribution in [0.2, 0.25) is 0 Å². The summed E-state index contributed by atoms with van der Waals surface area (Å²) in [4.78, 5) is 14.9. The van der Waals surface area contributed by atoms with Crippen LogP contribution in [0.1, 0.15) is 30.0 Å². The molecule has 1 amide bonds. The van der Waals surface area contributed by atoms with Crippen molar-refractivity contribution in [2.75, 3.05) is 13.1 Å². The van der Waals surface area contributed by atoms with Gasteiger partial charge in [0.05, 0.1) is 12.1 Å². The number of likely N-dealkylation sites (tertiary alicyclic amines) is 1. The molecule has 3 heterocycles. The maximum Gasteiger partial charge on any atom is 0.227 e. The fourth-order valence-corrected chi connectivity index (χ4v) is 3.94. The Kier molecular flexibility index (Phi) is 4.07. The summed E-state index contributed by atoms with van der Waals surface area (Å²) in [5, 5.41) is 5.71. The van der Waals surface area contributed by atoms with Gasteiger partial charge in [-0.15, -0.1) is 0 Å². The maximum absolute atomic E-state index is 12.9. The highest BCUT2D eigenvalue weighted by Gasteiger charge is 2.26. The fraction of sp³-hybridized carbons (Fsp3) is 0.400. The number of aromatic nitrogens is 3. The molecular weight excluding hydrogens is 312 g/mol. The lowest BCUT2D eigenvalue weighted by atomic mass is 9.94. The molecule has 0 radical (unpaired) electrons. The van der Waals surface area contributed by atoms with Gasteiger partial charge < -0.3 is 9.47 Å². The Balaban J connectivity index is 1.50. The number of benzene rings is 1. The lowest BCUT2D eigenvalue weighted by Gasteiger charge is -2.32. The van der Waals surface area contributed by atoms with Crippen LogP contribution < -0.4 is 0 Å². The van der Waals surface area contributed by atoms with Crippen molar-refractivity contribution in [2.45, 2.75) is 25.2 Å². The largest absolute Gasteiger partial charge is 0.350 e. The molecule has 1 atom stereocenters. The molecule has 5 nitrogen and oxygen atoms in total. The third-order valence-electron chi connectivity index (χ3n) is 5.25. The minimum atomic E-state index is 0.219. The fourth-order valence-electron chi connectivity index (χ4n) is 3.94. The smallest absolute Gasteiger partial charge is 0.227 e. The van der Waals surface area contributed by atoms with Gasteiger partial charge in [-0.1, -0.05) is 18.2 Å². The number of hydrogen-bond donors (Lipinski definition) is 0. The third-order valence-corrected chi connectivity index (χ3v) is 5.25. The minimum absolute atomic E-state index is 0.219. The van der Waals surface area contributed by atoms with E-state index in [1.165, 1.54) is 10.9 Å². The van der Waals surface area contributed by atoms with Crippen molar-refractivity contribution in [3.05, 3.63) is 54.0 Å². The van der Waals surface area contributed by atoms with E-state index in [2.05, 4.69) is 34.1 Å². The second-order valence-corrected chi connectivity index (χ2v) is 7.05. The molecule has 2 aromatic heterocycles. The molecule has 1 saturated heterocycles. The van der Waals surface area contributed by atoms with Crippen molar-refractivity contribution < 1.29 is 4.79 Å². The van der Waals surface area contributed by atoms with Gasteiger partial charge in [0.1, 0.15) is 0 Å². The highest BCUT2D eigenvalue weighted by atomic mass is 16.2. The van der Waals surface area contributed by atoms with Crippen molar-refractivity contribution in [1.29, 1.82) is 0 Å². The summed E-state index contributed by atoms with van der Waals surface area (Å²) in [5.74, 6) is 0.573. The molecule has 1 aliphatic rings. The molecule has 4 rings (SSSR count). The number of carbonyl (C=O) groups is 1. The van der Waals surface area contributed by atoms with Crippen LogP contribution in [0.15, 0.2) is 42.7 Å². The van der Waals surface area contributed by atoms with Gasteiger partial charge in [0, 0.05) is 56.4 Å². The predicted molar refractivity (Wildman–Crippen MR) is 98.4 cm³/mol. The highest BCUT2D eigenvalue weighted by Crippen LogP contribution is 2.27. The molecule has 1 aromatic carbocycles. The first kappa shape index (κ1) is 15.9. The zero-order chi connectivity index (χ0) is 17.4. The minimum Gasteiger partial charge on any atom is -0.350 e. The Labute approximate surface area is 147 Å². The van der Waals surface area contributed by atoms with E-state index >= 15 is 0 Å². The zero-order valence-corrected chi connectivity index (χ0v) is 14.9. The average Bonchev–Trinajstić information content (AvgIpc) is 3.20. The lowest BCUT2D eigenvalue weighted by Crippen LogP contribution is -2.40. The van der Waals surface area contributed by atoms with Crippen LogP contribution in [0, 0.1) is 0 Å². The predicted octanol–water partition coefficient (Wildman–Crippen LogP) is 2.86. The number of amides is 1. The van der Waals surface area contributed by atoms with Crippen molar-refractivity contribution in [3.63, 3.8) is 0 Å². The monoisotopic (exact) mass is 336 g/mol. The molecule has 3 aromatic rings. The summed E-state index contributed by atoms with van der Waals surface area (Å²) in [6, 6.07) is 10.3. The standard InChI is InChI=1S/C20H24N4O/c1-22-13-16(17-7-3-4-8-19(17)22)12-20(25)24-10-5-6-15(14-24)18-9-11-23(2)21-18/h3-4,7-9,11,13,15H,5-6,10,12,14H2,1-2H3/t15-/m1/s1. The summed E-state index contributed by atoms with van der Waals surface area (Å²) in [7, 11) is 3.98. The molecule has 1 aliphatic heterocycles. The first-order chi connectivity index (χ1) is 12.1. The topological polar surface area (TPSA) is 43.1 Å². The summed E-state index contributed by atoms with van der Waals surface area (Å²) in [5.41, 5.74) is 3.39. The third kappa shape index (κ3) is 3.06. The van der Waals surface area contributed by atoms with E-state index < -0.39 is 0 Å². The van der Waals surface area contributed by atoms with E-state index in [1.54, 1.807) is 0 Å². The van der Waals surface area contributed by atoms with Crippen LogP contribution in [-0.2, 0) is 25.3 Å². The van der Waals surface area contributed by atoms with Gasteiger partial charge in [0.15, 0.2) is 0 Å². The molecule has 0 unspecified atom stereocenters. The van der Waals surface area contributed by atoms with E-state index in [9.17, 15) is 4.79 Å². The Morgan fingerprint density at radius 2 is 2.08 bits per heavy atom. The molecule has 130 valence electrons. The summed E-state index contributed by atoms with van der Waals surface area (Å²) < 4.78 is 3.94. The zero-order valence-electron chi connectivity index (χ0n) is 14.9. The Morgan fingerprint density at radius 1 is 1.24 bits per heavy atom. The van der Waals surface area contributed by atoms with Crippen LogP contribution in [0.25, 0.3) is 10.9 Å². The molecule has 0 N–H and O–H groups in total. The van der Waals surface area contributed by atoms with Crippen molar-refractivity contribution in [3.8, 4) is 0 Å². The SMILES string of the molecule is Cn1ccc([C@@H]2CCCN(C(=O)Cc3cn(C)c4ccccc34)C2)n1. The van der Waals surface area contributed by atoms with Crippen LogP contribution in [0.5, 0.6) is 0 Å². The molecule has 0 spiro atoms. The van der Waals surface area contributed by atoms with Gasteiger partial charge in [-0.05, 0) is 30.5 Å². The highest BCUT2D eigenvalue weighted by molar-refractivity contribution is 5.89. The number of rotatable bonds is 3. The normalized spacial score (nSPS) is 18.0. The quantitative estimate of drug-likeness (QED) is 0.738. The number of fused-ring (bicyclic) bond motifs is 1. The number of para-hydroxylation sites is 1. The Morgan fingerprint density at radius 3 is 2.88 bits per heavy atom. The van der Waals surface area contributed by atoms with Gasteiger partial charge in [-0.2, -0.15) is 5.10 Å². The first-order valence-corrected chi connectivity index (χ1v) is 8.92. The molecule has 0 aliphatic carbocycles. The van der Waals surface area contributed by atoms with E-state index in [0.717, 1.165) is 37.2 Å². The van der Waals surface area contributed by atoms with Crippen molar-refractivity contribution in [1.82, 2.24) is 19.2 Å². The van der Waals surface area contributed by atoms with Gasteiger partial charge in [-0.25, -0.2) is 0 Å². The van der Waals surface area contributed by atoms with Gasteiger partial charge in [0.2, 0.25) is 5.91 Å². The van der Waals surface area contributed by atoms with Crippen LogP contribution in [0.4, 0.5) is 0 Å². The molecule has 25 heavy (non-hydrogen) atoms. The lowest BCUT2D eigenvalue weighted by molar-refractivity contribution is -0.131. The number of hydrogen-bond acceptors (Lipinski definition) is 2. The second-order valence-electron chi connectivity index (χ2n) is 7.05. The van der Waals surface area contributed by atoms with Gasteiger partial charge >= 0.3 is 0 Å². The summed E-state index contributed by atoms with van der Waals surface area (Å²) in [6.45, 7) is 1.63. The number of nitrogens with zero attached hydrogens (tertiary/aromatic N) is 4. The molecule has 1 fully saturated rings. The van der Waals surface area contributed by atoms with Crippen LogP contribution in [0.3, 0.4) is 0 Å². The van der Waals surface area contributed by atoms with Crippen LogP contribution in [-0.4, -0.2) is 38.2 Å². The molecule has 5 heteroatoms. The Hall–Kier alpha value is -2.56. The average molecular weight is 336 g/mol. The van der Waals surface area contributed by atoms with Crippen LogP contribution >= 0.6 is 0 Å². The van der Waals surface area contributed by atoms with Crippen molar-refractivity contribution in [2.24, 2.45) is 14.1 Å². The van der Waals surface area contributed by atoms with Gasteiger partial charge in [0.25, 0.3) is 0 Å². The molecule has 0 bridgehead atoms. The number of aryl methyl sites for hydroxylation is 2. The Bertz CT molecular complexity index is 907. The summed E-state index contributed by atoms with van der Waals surface area (Å²) >= 11 is 0. The van der Waals surface area contributed by atoms with Gasteiger partial charge in [-0.3, -0.25) is 9.48 Å². The maximum atomic E-state index is 12.9. The number of carbonyl (C=O) groups excluding carboxylic acids is 1. The molecule has 0 saturated carbocycles. The van der Waals surface area contributed by atoms with E-state index in [4.69, 9.17) is 0 Å². The number of piperidine rings is 1. The molecular formula is C20H24N4O. The second kappa shape index (κ2) is 6.39. The van der Waals surface area contributed by atoms with E-state index in [1.807, 2.05) is 42.0 Å². The van der Waals surface area contributed by atoms with Crippen molar-refractivity contribution >= 4 is 16.8 Å². The van der Waals surface area contributed by atoms with E-state index in [0.29, 0.717) is 12.3 Å². The van der Waals surface area contributed by atoms with E-state index in [-0.39, 0.29) is 5.91 Å². The summed E-state index contributed by atoms with van der Waals surface area (Å²) in [6.07, 6.45) is 6.68. The first-order valence-electron chi connectivity index (χ1n) is 8.92.